The Balaban J connectivity index is 1.43. The lowest BCUT2D eigenvalue weighted by Gasteiger charge is -2.33. The van der Waals surface area contributed by atoms with Crippen LogP contribution in [0.3, 0.4) is 0 Å². The number of ether oxygens (including phenoxy) is 5. The molecule has 0 amide bonds. The highest BCUT2D eigenvalue weighted by molar-refractivity contribution is 5.57. The summed E-state index contributed by atoms with van der Waals surface area (Å²) in [7, 11) is 0. The van der Waals surface area contributed by atoms with Crippen LogP contribution in [-0.4, -0.2) is 49.2 Å². The molecular formula is C30H40O6. The van der Waals surface area contributed by atoms with Gasteiger partial charge in [-0.25, -0.2) is 0 Å². The van der Waals surface area contributed by atoms with Crippen molar-refractivity contribution in [3.05, 3.63) is 71.8 Å². The van der Waals surface area contributed by atoms with E-state index < -0.39 is 18.0 Å². The number of unbranched alkanes of at least 4 members (excludes halogenated alkanes) is 2. The first-order valence-electron chi connectivity index (χ1n) is 13.4. The SMILES string of the molecule is CCCCC[C@@H](CO[C@@H]1[C@H](OCc2ccccc2)CC[C@@]12OC(C)C(C=O)O2)OCc1ccccc1. The van der Waals surface area contributed by atoms with Gasteiger partial charge in [-0.1, -0.05) is 86.8 Å². The highest BCUT2D eigenvalue weighted by atomic mass is 16.8. The highest BCUT2D eigenvalue weighted by Crippen LogP contribution is 2.44. The molecule has 6 atom stereocenters. The van der Waals surface area contributed by atoms with Crippen LogP contribution in [-0.2, 0) is 41.7 Å². The van der Waals surface area contributed by atoms with Crippen LogP contribution in [0.5, 0.6) is 0 Å². The van der Waals surface area contributed by atoms with Gasteiger partial charge in [0.25, 0.3) is 0 Å². The van der Waals surface area contributed by atoms with Gasteiger partial charge in [-0.05, 0) is 30.9 Å². The van der Waals surface area contributed by atoms with E-state index in [-0.39, 0.29) is 18.3 Å². The number of aldehydes is 1. The Labute approximate surface area is 215 Å². The van der Waals surface area contributed by atoms with Crippen LogP contribution < -0.4 is 0 Å². The third kappa shape index (κ3) is 7.02. The zero-order chi connectivity index (χ0) is 25.2. The Morgan fingerprint density at radius 3 is 2.31 bits per heavy atom. The lowest BCUT2D eigenvalue weighted by molar-refractivity contribution is -0.251. The minimum atomic E-state index is -0.972. The van der Waals surface area contributed by atoms with Crippen molar-refractivity contribution in [2.45, 2.75) is 102 Å². The second-order valence-corrected chi connectivity index (χ2v) is 9.90. The van der Waals surface area contributed by atoms with Crippen LogP contribution in [0.4, 0.5) is 0 Å². The summed E-state index contributed by atoms with van der Waals surface area (Å²) < 4.78 is 31.7. The van der Waals surface area contributed by atoms with Gasteiger partial charge in [0.15, 0.2) is 12.1 Å². The molecule has 2 unspecified atom stereocenters. The van der Waals surface area contributed by atoms with Crippen molar-refractivity contribution in [3.63, 3.8) is 0 Å². The van der Waals surface area contributed by atoms with E-state index in [0.29, 0.717) is 26.2 Å². The van der Waals surface area contributed by atoms with Crippen molar-refractivity contribution in [2.75, 3.05) is 6.61 Å². The first-order chi connectivity index (χ1) is 17.6. The van der Waals surface area contributed by atoms with Crippen molar-refractivity contribution < 1.29 is 28.5 Å². The molecule has 1 aliphatic heterocycles. The fraction of sp³-hybridized carbons (Fsp3) is 0.567. The average Bonchev–Trinajstić information content (AvgIpc) is 3.42. The predicted octanol–water partition coefficient (Wildman–Crippen LogP) is 5.62. The summed E-state index contributed by atoms with van der Waals surface area (Å²) in [5.74, 6) is -0.972. The second-order valence-electron chi connectivity index (χ2n) is 9.90. The molecule has 1 aliphatic carbocycles. The summed E-state index contributed by atoms with van der Waals surface area (Å²) in [6.45, 7) is 5.52. The van der Waals surface area contributed by atoms with Crippen molar-refractivity contribution in [1.82, 2.24) is 0 Å². The molecule has 4 rings (SSSR count). The quantitative estimate of drug-likeness (QED) is 0.250. The van der Waals surface area contributed by atoms with Gasteiger partial charge in [-0.15, -0.1) is 0 Å². The van der Waals surface area contributed by atoms with Crippen molar-refractivity contribution in [3.8, 4) is 0 Å². The summed E-state index contributed by atoms with van der Waals surface area (Å²) in [6, 6.07) is 20.3. The first kappa shape index (κ1) is 27.0. The second kappa shape index (κ2) is 13.5. The average molecular weight is 497 g/mol. The minimum absolute atomic E-state index is 0.0510. The van der Waals surface area contributed by atoms with Crippen LogP contribution in [0.1, 0.15) is 63.5 Å². The Kier molecular flexibility index (Phi) is 10.1. The Morgan fingerprint density at radius 1 is 0.972 bits per heavy atom. The van der Waals surface area contributed by atoms with Gasteiger partial charge in [-0.2, -0.15) is 0 Å². The molecule has 2 aromatic rings. The van der Waals surface area contributed by atoms with E-state index in [2.05, 4.69) is 31.2 Å². The molecule has 2 aromatic carbocycles. The zero-order valence-electron chi connectivity index (χ0n) is 21.6. The van der Waals surface area contributed by atoms with E-state index in [1.165, 1.54) is 0 Å². The van der Waals surface area contributed by atoms with Crippen molar-refractivity contribution in [1.29, 1.82) is 0 Å². The lowest BCUT2D eigenvalue weighted by atomic mass is 10.1. The number of hydrogen-bond donors (Lipinski definition) is 0. The fourth-order valence-corrected chi connectivity index (χ4v) is 5.06. The van der Waals surface area contributed by atoms with Crippen LogP contribution in [0.15, 0.2) is 60.7 Å². The Hall–Kier alpha value is -2.09. The molecule has 1 saturated heterocycles. The summed E-state index contributed by atoms with van der Waals surface area (Å²) >= 11 is 0. The normalized spacial score (nSPS) is 28.5. The lowest BCUT2D eigenvalue weighted by Crippen LogP contribution is -2.47. The number of carbonyl (C=O) groups is 1. The number of rotatable bonds is 14. The van der Waals surface area contributed by atoms with Crippen LogP contribution in [0.2, 0.25) is 0 Å². The molecule has 36 heavy (non-hydrogen) atoms. The molecule has 1 heterocycles. The van der Waals surface area contributed by atoms with E-state index in [4.69, 9.17) is 23.7 Å². The number of hydrogen-bond acceptors (Lipinski definition) is 6. The molecule has 196 valence electrons. The molecule has 0 radical (unpaired) electrons. The van der Waals surface area contributed by atoms with E-state index in [0.717, 1.165) is 49.5 Å². The smallest absolute Gasteiger partial charge is 0.198 e. The zero-order valence-corrected chi connectivity index (χ0v) is 21.6. The molecule has 0 N–H and O–H groups in total. The predicted molar refractivity (Wildman–Crippen MR) is 137 cm³/mol. The van der Waals surface area contributed by atoms with Gasteiger partial charge in [0.2, 0.25) is 0 Å². The summed E-state index contributed by atoms with van der Waals surface area (Å²) in [5, 5.41) is 0. The van der Waals surface area contributed by atoms with Crippen molar-refractivity contribution >= 4 is 6.29 Å². The maximum absolute atomic E-state index is 11.6. The van der Waals surface area contributed by atoms with Gasteiger partial charge < -0.3 is 28.5 Å². The van der Waals surface area contributed by atoms with Gasteiger partial charge in [0.1, 0.15) is 12.2 Å². The monoisotopic (exact) mass is 496 g/mol. The van der Waals surface area contributed by atoms with Crippen LogP contribution >= 0.6 is 0 Å². The molecule has 1 saturated carbocycles. The molecule has 0 aromatic heterocycles. The molecule has 0 bridgehead atoms. The van der Waals surface area contributed by atoms with Gasteiger partial charge in [0.05, 0.1) is 38.1 Å². The molecule has 2 aliphatic rings. The highest BCUT2D eigenvalue weighted by Gasteiger charge is 2.58. The maximum Gasteiger partial charge on any atom is 0.198 e. The number of carbonyl (C=O) groups excluding carboxylic acids is 1. The van der Waals surface area contributed by atoms with E-state index in [1.807, 2.05) is 43.3 Å². The topological polar surface area (TPSA) is 63.2 Å². The van der Waals surface area contributed by atoms with E-state index >= 15 is 0 Å². The van der Waals surface area contributed by atoms with Gasteiger partial charge in [-0.3, -0.25) is 0 Å². The van der Waals surface area contributed by atoms with Gasteiger partial charge >= 0.3 is 0 Å². The summed E-state index contributed by atoms with van der Waals surface area (Å²) in [5.41, 5.74) is 2.25. The standard InChI is InChI=1S/C30H40O6/c1-3-4-7-16-26(32-20-24-12-8-5-9-13-24)22-34-29-27(33-21-25-14-10-6-11-15-25)17-18-30(29)35-23(2)28(19-31)36-30/h5-6,8-15,19,23,26-29H,3-4,7,16-18,20-22H2,1-2H3/t23?,26-,27+,28?,29+,30-/m0/s1. The van der Waals surface area contributed by atoms with E-state index in [1.54, 1.807) is 0 Å². The third-order valence-electron chi connectivity index (χ3n) is 7.09. The minimum Gasteiger partial charge on any atom is -0.371 e. The van der Waals surface area contributed by atoms with Crippen LogP contribution in [0.25, 0.3) is 0 Å². The Morgan fingerprint density at radius 2 is 1.67 bits per heavy atom. The number of benzene rings is 2. The Bertz CT molecular complexity index is 906. The van der Waals surface area contributed by atoms with E-state index in [9.17, 15) is 4.79 Å². The summed E-state index contributed by atoms with van der Waals surface area (Å²) in [6.07, 6.45) is 4.89. The molecule has 6 nitrogen and oxygen atoms in total. The third-order valence-corrected chi connectivity index (χ3v) is 7.09. The largest absolute Gasteiger partial charge is 0.371 e. The molecule has 6 heteroatoms. The molecular weight excluding hydrogens is 456 g/mol. The van der Waals surface area contributed by atoms with Crippen LogP contribution in [0, 0.1) is 0 Å². The molecule has 1 spiro atoms. The molecule has 2 fully saturated rings. The summed E-state index contributed by atoms with van der Waals surface area (Å²) in [4.78, 5) is 11.6. The maximum atomic E-state index is 11.6. The fourth-order valence-electron chi connectivity index (χ4n) is 5.06. The van der Waals surface area contributed by atoms with Gasteiger partial charge in [0, 0.05) is 6.42 Å². The van der Waals surface area contributed by atoms with Crippen molar-refractivity contribution in [2.24, 2.45) is 0 Å². The first-order valence-corrected chi connectivity index (χ1v) is 13.4.